The van der Waals surface area contributed by atoms with Crippen LogP contribution in [0.1, 0.15) is 155 Å². The van der Waals surface area contributed by atoms with E-state index in [0.29, 0.717) is 64.2 Å². The highest BCUT2D eigenvalue weighted by Gasteiger charge is 2.72. The number of rotatable bonds is 36. The monoisotopic (exact) mass is 838 g/mol. The normalized spacial score (nSPS) is 13.1. The summed E-state index contributed by atoms with van der Waals surface area (Å²) in [4.78, 5) is 0. The van der Waals surface area contributed by atoms with Crippen LogP contribution >= 0.6 is 0 Å². The molecule has 54 heavy (non-hydrogen) atoms. The summed E-state index contributed by atoms with van der Waals surface area (Å²) in [7, 11) is -21.9. The second kappa shape index (κ2) is 28.9. The number of nitrogens with zero attached hydrogens (tertiary/aromatic N) is 4. The van der Waals surface area contributed by atoms with Crippen molar-refractivity contribution in [3.8, 4) is 24.3 Å². The maximum Gasteiger partial charge on any atom is 0.330 e. The second-order valence-corrected chi connectivity index (χ2v) is 21.7. The van der Waals surface area contributed by atoms with E-state index in [4.69, 9.17) is 21.0 Å². The summed E-state index contributed by atoms with van der Waals surface area (Å²) in [6, 6.07) is 7.92. The Morgan fingerprint density at radius 2 is 0.722 bits per heavy atom. The maximum atomic E-state index is 14.7. The summed E-state index contributed by atoms with van der Waals surface area (Å²) in [5.41, 5.74) is 0. The first kappa shape index (κ1) is 51.6. The van der Waals surface area contributed by atoms with Crippen LogP contribution in [0.2, 0.25) is 0 Å². The topological polar surface area (TPSA) is 280 Å². The highest BCUT2D eigenvalue weighted by molar-refractivity contribution is 8.25. The van der Waals surface area contributed by atoms with E-state index >= 15 is 0 Å². The molecule has 0 aliphatic carbocycles. The first-order chi connectivity index (χ1) is 25.7. The minimum atomic E-state index is -5.63. The van der Waals surface area contributed by atoms with Crippen molar-refractivity contribution in [1.82, 2.24) is 18.9 Å². The number of nitriles is 4. The Bertz CT molecular complexity index is 1530. The van der Waals surface area contributed by atoms with E-state index in [1.807, 2.05) is 31.2 Å². The van der Waals surface area contributed by atoms with E-state index in [-0.39, 0.29) is 64.3 Å². The Morgan fingerprint density at radius 1 is 0.426 bits per heavy atom. The van der Waals surface area contributed by atoms with Crippen LogP contribution in [0.4, 0.5) is 0 Å². The molecule has 0 radical (unpaired) electrons. The van der Waals surface area contributed by atoms with Gasteiger partial charge in [0.25, 0.3) is 30.1 Å². The fraction of sp³-hybridized carbons (Fsp3) is 0.882. The summed E-state index contributed by atoms with van der Waals surface area (Å²) < 4.78 is 122. The van der Waals surface area contributed by atoms with Crippen LogP contribution in [-0.4, -0.2) is 68.5 Å². The molecule has 0 heterocycles. The van der Waals surface area contributed by atoms with Crippen LogP contribution < -0.4 is 18.9 Å². The fourth-order valence-electron chi connectivity index (χ4n) is 5.84. The van der Waals surface area contributed by atoms with Crippen molar-refractivity contribution in [2.24, 2.45) is 0 Å². The predicted octanol–water partition coefficient (Wildman–Crippen LogP) is 4.77. The Hall–Kier alpha value is -2.40. The lowest BCUT2D eigenvalue weighted by Gasteiger charge is -2.38. The molecule has 0 amide bonds. The molecule has 4 N–H and O–H groups in total. The number of sulfonamides is 4. The van der Waals surface area contributed by atoms with Gasteiger partial charge in [0.05, 0.1) is 24.3 Å². The van der Waals surface area contributed by atoms with Gasteiger partial charge < -0.3 is 0 Å². The molecular weight excluding hydrogens is 777 g/mol. The van der Waals surface area contributed by atoms with Gasteiger partial charge in [-0.25, -0.2) is 52.6 Å². The molecule has 0 saturated carbocycles. The minimum absolute atomic E-state index is 0.0102. The van der Waals surface area contributed by atoms with Crippen LogP contribution in [-0.2, 0) is 40.1 Å². The van der Waals surface area contributed by atoms with Crippen LogP contribution in [0.25, 0.3) is 0 Å². The highest BCUT2D eigenvalue weighted by Crippen LogP contribution is 2.40. The molecule has 20 heteroatoms. The van der Waals surface area contributed by atoms with Crippen molar-refractivity contribution in [3.63, 3.8) is 0 Å². The van der Waals surface area contributed by atoms with E-state index in [0.717, 1.165) is 19.3 Å². The first-order valence-electron chi connectivity index (χ1n) is 19.1. The van der Waals surface area contributed by atoms with E-state index in [2.05, 4.69) is 18.9 Å². The van der Waals surface area contributed by atoms with Gasteiger partial charge in [-0.3, -0.25) is 0 Å². The molecule has 0 aliphatic rings. The third-order valence-electron chi connectivity index (χ3n) is 8.75. The highest BCUT2D eigenvalue weighted by atomic mass is 32.3. The van der Waals surface area contributed by atoms with Gasteiger partial charge in [0, 0.05) is 51.9 Å². The molecule has 0 fully saturated rings. The van der Waals surface area contributed by atoms with Gasteiger partial charge in [-0.1, -0.05) is 71.1 Å². The first-order valence-corrected chi connectivity index (χ1v) is 25.1. The molecule has 0 saturated heterocycles. The number of hydrogen-bond donors (Lipinski definition) is 4. The van der Waals surface area contributed by atoms with Gasteiger partial charge in [-0.05, 0) is 57.8 Å². The largest absolute Gasteiger partial charge is 0.330 e. The predicted molar refractivity (Wildman–Crippen MR) is 209 cm³/mol. The summed E-state index contributed by atoms with van der Waals surface area (Å²) in [6.07, 6.45) is 7.62. The Labute approximate surface area is 326 Å². The van der Waals surface area contributed by atoms with E-state index in [1.165, 1.54) is 0 Å². The average molecular weight is 839 g/mol. The average Bonchev–Trinajstić information content (AvgIpc) is 3.11. The van der Waals surface area contributed by atoms with Crippen molar-refractivity contribution < 1.29 is 33.7 Å². The molecule has 0 aromatic carbocycles. The molecule has 0 spiro atoms. The molecule has 0 aromatic heterocycles. The smallest absolute Gasteiger partial charge is 0.215 e. The molecule has 1 atom stereocenters. The van der Waals surface area contributed by atoms with Gasteiger partial charge >= 0.3 is 3.41 Å². The van der Waals surface area contributed by atoms with Crippen molar-refractivity contribution in [1.29, 1.82) is 21.0 Å². The molecule has 1 unspecified atom stereocenters. The zero-order chi connectivity index (χ0) is 40.8. The summed E-state index contributed by atoms with van der Waals surface area (Å²) in [5.74, 6) is 0. The Kier molecular flexibility index (Phi) is 27.6. The Morgan fingerprint density at radius 3 is 1.06 bits per heavy atom. The third kappa shape index (κ3) is 18.0. The lowest BCUT2D eigenvalue weighted by atomic mass is 10.1. The molecule has 0 bridgehead atoms. The van der Waals surface area contributed by atoms with E-state index in [9.17, 15) is 33.7 Å². The molecule has 16 nitrogen and oxygen atoms in total. The lowest BCUT2D eigenvalue weighted by molar-refractivity contribution is 0.488. The molecular formula is C34H62N8O8S4. The molecule has 0 aromatic rings. The summed E-state index contributed by atoms with van der Waals surface area (Å²) >= 11 is 0. The van der Waals surface area contributed by atoms with Crippen molar-refractivity contribution in [2.75, 3.05) is 26.2 Å². The van der Waals surface area contributed by atoms with Crippen LogP contribution in [0, 0.1) is 45.3 Å². The zero-order valence-corrected chi connectivity index (χ0v) is 35.1. The number of unbranched alkanes of at least 4 members (excludes halogenated alkanes) is 17. The van der Waals surface area contributed by atoms with Crippen molar-refractivity contribution in [2.45, 2.75) is 163 Å². The van der Waals surface area contributed by atoms with E-state index in [1.54, 1.807) is 0 Å². The SMILES string of the molecule is CCCCCCCCC(C(S(=O)(=O)NCCCCCC#N)(S(=O)(=O)NCCCCCC#N)S(=O)(=O)NCCCCCC#N)S(=O)(=O)NCCCCCC#N. The standard InChI is InChI=1S/C34H62N8O8S4/c1-2-3-4-5-6-15-24-33(51(43,44)39-29-20-11-7-16-25-35)34(52(45,46)40-30-21-12-8-17-26-36,53(47,48)41-31-22-13-9-18-27-37)54(49,50)42-32-23-14-10-19-28-38/h33,39-42H,2-24,29-32H2,1H3. The molecule has 0 aliphatic heterocycles. The summed E-state index contributed by atoms with van der Waals surface area (Å²) in [5, 5.41) is 32.9. The van der Waals surface area contributed by atoms with Crippen LogP contribution in [0.3, 0.4) is 0 Å². The van der Waals surface area contributed by atoms with Crippen LogP contribution in [0.5, 0.6) is 0 Å². The van der Waals surface area contributed by atoms with Gasteiger partial charge in [0.2, 0.25) is 10.0 Å². The zero-order valence-electron chi connectivity index (χ0n) is 31.9. The van der Waals surface area contributed by atoms with Crippen molar-refractivity contribution in [3.05, 3.63) is 0 Å². The van der Waals surface area contributed by atoms with Crippen molar-refractivity contribution >= 4 is 40.1 Å². The Balaban J connectivity index is 7.50. The quantitative estimate of drug-likeness (QED) is 0.0621. The fourth-order valence-corrected chi connectivity index (χ4v) is 17.4. The maximum absolute atomic E-state index is 14.7. The minimum Gasteiger partial charge on any atom is -0.215 e. The van der Waals surface area contributed by atoms with Gasteiger partial charge in [0.1, 0.15) is 5.25 Å². The second-order valence-electron chi connectivity index (χ2n) is 13.2. The molecule has 0 rings (SSSR count). The summed E-state index contributed by atoms with van der Waals surface area (Å²) in [6.45, 7) is 0.506. The van der Waals surface area contributed by atoms with Gasteiger partial charge in [0.15, 0.2) is 0 Å². The van der Waals surface area contributed by atoms with E-state index < -0.39 is 74.8 Å². The van der Waals surface area contributed by atoms with Gasteiger partial charge in [-0.2, -0.15) is 21.0 Å². The third-order valence-corrected chi connectivity index (χ3v) is 19.9. The van der Waals surface area contributed by atoms with Gasteiger partial charge in [-0.15, -0.1) is 0 Å². The van der Waals surface area contributed by atoms with Crippen LogP contribution in [0.15, 0.2) is 0 Å². The lowest BCUT2D eigenvalue weighted by Crippen LogP contribution is -2.71. The number of hydrogen-bond acceptors (Lipinski definition) is 12. The number of nitrogens with one attached hydrogen (secondary N) is 4. The molecule has 310 valence electrons.